The van der Waals surface area contributed by atoms with Crippen LogP contribution in [-0.2, 0) is 10.3 Å². The van der Waals surface area contributed by atoms with Gasteiger partial charge in [0.15, 0.2) is 0 Å². The number of nitriles is 1. The van der Waals surface area contributed by atoms with E-state index in [1.165, 1.54) is 0 Å². The van der Waals surface area contributed by atoms with Crippen molar-refractivity contribution in [3.63, 3.8) is 0 Å². The van der Waals surface area contributed by atoms with Crippen molar-refractivity contribution in [3.05, 3.63) is 35.9 Å². The Kier molecular flexibility index (Phi) is 8.04. The molecule has 0 aliphatic heterocycles. The molecular formula is C18H28N2O. The van der Waals surface area contributed by atoms with Gasteiger partial charge in [0.25, 0.3) is 0 Å². The third-order valence-electron chi connectivity index (χ3n) is 3.71. The lowest BCUT2D eigenvalue weighted by Crippen LogP contribution is -2.42. The Morgan fingerprint density at radius 1 is 1.24 bits per heavy atom. The number of hydrogen-bond donors (Lipinski definition) is 1. The molecular weight excluding hydrogens is 260 g/mol. The minimum Gasteiger partial charge on any atom is -0.378 e. The van der Waals surface area contributed by atoms with Crippen molar-refractivity contribution >= 4 is 0 Å². The fourth-order valence-corrected chi connectivity index (χ4v) is 2.46. The van der Waals surface area contributed by atoms with Crippen LogP contribution in [0.2, 0.25) is 0 Å². The highest BCUT2D eigenvalue weighted by Crippen LogP contribution is 2.25. The molecule has 0 fully saturated rings. The van der Waals surface area contributed by atoms with Crippen LogP contribution in [0.25, 0.3) is 0 Å². The quantitative estimate of drug-likeness (QED) is 0.707. The molecule has 0 aliphatic carbocycles. The Balaban J connectivity index is 2.75. The monoisotopic (exact) mass is 288 g/mol. The summed E-state index contributed by atoms with van der Waals surface area (Å²) in [6.45, 7) is 7.79. The van der Waals surface area contributed by atoms with Gasteiger partial charge >= 0.3 is 0 Å². The van der Waals surface area contributed by atoms with Crippen molar-refractivity contribution in [1.29, 1.82) is 5.26 Å². The maximum absolute atomic E-state index is 9.76. The van der Waals surface area contributed by atoms with E-state index in [9.17, 15) is 5.26 Å². The standard InChI is InChI=1S/C18H28N2O/c1-4-9-16(3)21-14-12-18(15-19,20-13-5-2)17-10-7-6-8-11-17/h6-8,10-11,16,20H,4-5,9,12-14H2,1-3H3. The van der Waals surface area contributed by atoms with E-state index >= 15 is 0 Å². The molecule has 0 spiro atoms. The average molecular weight is 288 g/mol. The topological polar surface area (TPSA) is 45.0 Å². The van der Waals surface area contributed by atoms with Crippen LogP contribution in [0.15, 0.2) is 30.3 Å². The third-order valence-corrected chi connectivity index (χ3v) is 3.71. The van der Waals surface area contributed by atoms with E-state index < -0.39 is 5.54 Å². The van der Waals surface area contributed by atoms with Crippen LogP contribution < -0.4 is 5.32 Å². The summed E-state index contributed by atoms with van der Waals surface area (Å²) >= 11 is 0. The predicted molar refractivity (Wildman–Crippen MR) is 87.0 cm³/mol. The molecule has 0 aliphatic rings. The lowest BCUT2D eigenvalue weighted by Gasteiger charge is -2.29. The fourth-order valence-electron chi connectivity index (χ4n) is 2.46. The van der Waals surface area contributed by atoms with E-state index in [0.29, 0.717) is 13.0 Å². The van der Waals surface area contributed by atoms with Crippen LogP contribution in [0.4, 0.5) is 0 Å². The molecule has 1 aromatic carbocycles. The number of nitrogens with one attached hydrogen (secondary N) is 1. The second-order valence-electron chi connectivity index (χ2n) is 5.53. The summed E-state index contributed by atoms with van der Waals surface area (Å²) in [6.07, 6.45) is 4.11. The molecule has 21 heavy (non-hydrogen) atoms. The normalized spacial score (nSPS) is 15.1. The molecule has 0 saturated heterocycles. The van der Waals surface area contributed by atoms with E-state index in [2.05, 4.69) is 32.2 Å². The molecule has 1 N–H and O–H groups in total. The van der Waals surface area contributed by atoms with Crippen molar-refractivity contribution in [3.8, 4) is 6.07 Å². The Labute approximate surface area is 129 Å². The van der Waals surface area contributed by atoms with Gasteiger partial charge in [0.1, 0.15) is 5.54 Å². The zero-order valence-corrected chi connectivity index (χ0v) is 13.6. The Bertz CT molecular complexity index is 427. The first-order valence-corrected chi connectivity index (χ1v) is 8.02. The number of ether oxygens (including phenoxy) is 1. The number of rotatable bonds is 10. The highest BCUT2D eigenvalue weighted by Gasteiger charge is 2.31. The van der Waals surface area contributed by atoms with E-state index in [-0.39, 0.29) is 6.10 Å². The predicted octanol–water partition coefficient (Wildman–Crippen LogP) is 4.00. The molecule has 0 radical (unpaired) electrons. The Morgan fingerprint density at radius 2 is 1.95 bits per heavy atom. The van der Waals surface area contributed by atoms with Crippen molar-refractivity contribution in [2.75, 3.05) is 13.2 Å². The maximum atomic E-state index is 9.76. The Morgan fingerprint density at radius 3 is 2.52 bits per heavy atom. The van der Waals surface area contributed by atoms with Gasteiger partial charge < -0.3 is 4.74 Å². The van der Waals surface area contributed by atoms with Gasteiger partial charge in [-0.2, -0.15) is 5.26 Å². The zero-order valence-electron chi connectivity index (χ0n) is 13.6. The summed E-state index contributed by atoms with van der Waals surface area (Å²) in [4.78, 5) is 0. The summed E-state index contributed by atoms with van der Waals surface area (Å²) in [5.41, 5.74) is 0.371. The highest BCUT2D eigenvalue weighted by atomic mass is 16.5. The Hall–Kier alpha value is -1.37. The molecule has 0 saturated carbocycles. The van der Waals surface area contributed by atoms with E-state index in [0.717, 1.165) is 31.4 Å². The van der Waals surface area contributed by atoms with Gasteiger partial charge in [0.2, 0.25) is 0 Å². The maximum Gasteiger partial charge on any atom is 0.134 e. The molecule has 0 amide bonds. The van der Waals surface area contributed by atoms with Crippen LogP contribution in [0.5, 0.6) is 0 Å². The van der Waals surface area contributed by atoms with Crippen LogP contribution in [-0.4, -0.2) is 19.3 Å². The average Bonchev–Trinajstić information content (AvgIpc) is 2.52. The molecule has 1 aromatic rings. The van der Waals surface area contributed by atoms with Crippen molar-refractivity contribution in [2.24, 2.45) is 0 Å². The molecule has 3 nitrogen and oxygen atoms in total. The summed E-state index contributed by atoms with van der Waals surface area (Å²) in [5.74, 6) is 0. The molecule has 1 rings (SSSR count). The van der Waals surface area contributed by atoms with Gasteiger partial charge in [-0.1, -0.05) is 50.6 Å². The van der Waals surface area contributed by atoms with Gasteiger partial charge in [0.05, 0.1) is 18.8 Å². The van der Waals surface area contributed by atoms with Gasteiger partial charge in [-0.05, 0) is 31.9 Å². The lowest BCUT2D eigenvalue weighted by molar-refractivity contribution is 0.0483. The number of hydrogen-bond acceptors (Lipinski definition) is 3. The zero-order chi connectivity index (χ0) is 15.6. The van der Waals surface area contributed by atoms with Crippen molar-refractivity contribution in [1.82, 2.24) is 5.32 Å². The number of nitrogens with zero attached hydrogens (tertiary/aromatic N) is 1. The summed E-state index contributed by atoms with van der Waals surface area (Å²) in [7, 11) is 0. The van der Waals surface area contributed by atoms with Crippen LogP contribution in [0, 0.1) is 11.3 Å². The molecule has 2 unspecified atom stereocenters. The summed E-state index contributed by atoms with van der Waals surface area (Å²) in [5, 5.41) is 13.2. The first-order valence-electron chi connectivity index (χ1n) is 8.02. The van der Waals surface area contributed by atoms with Gasteiger partial charge in [-0.3, -0.25) is 5.32 Å². The van der Waals surface area contributed by atoms with E-state index in [1.54, 1.807) is 0 Å². The van der Waals surface area contributed by atoms with Crippen molar-refractivity contribution in [2.45, 2.75) is 58.1 Å². The number of benzene rings is 1. The summed E-state index contributed by atoms with van der Waals surface area (Å²) < 4.78 is 5.85. The molecule has 0 aromatic heterocycles. The van der Waals surface area contributed by atoms with Gasteiger partial charge in [-0.25, -0.2) is 0 Å². The second kappa shape index (κ2) is 9.55. The molecule has 0 heterocycles. The van der Waals surface area contributed by atoms with Crippen LogP contribution >= 0.6 is 0 Å². The SMILES string of the molecule is CCCNC(C#N)(CCOC(C)CCC)c1ccccc1. The second-order valence-corrected chi connectivity index (χ2v) is 5.53. The molecule has 3 heteroatoms. The van der Waals surface area contributed by atoms with Gasteiger partial charge in [0, 0.05) is 6.42 Å². The minimum atomic E-state index is -0.650. The van der Waals surface area contributed by atoms with E-state index in [1.807, 2.05) is 30.3 Å². The fraction of sp³-hybridized carbons (Fsp3) is 0.611. The minimum absolute atomic E-state index is 0.258. The first kappa shape index (κ1) is 17.7. The highest BCUT2D eigenvalue weighted by molar-refractivity contribution is 5.31. The summed E-state index contributed by atoms with van der Waals surface area (Å²) in [6, 6.07) is 12.5. The smallest absolute Gasteiger partial charge is 0.134 e. The van der Waals surface area contributed by atoms with E-state index in [4.69, 9.17) is 4.74 Å². The largest absolute Gasteiger partial charge is 0.378 e. The first-order chi connectivity index (χ1) is 10.2. The van der Waals surface area contributed by atoms with Crippen LogP contribution in [0.3, 0.4) is 0 Å². The van der Waals surface area contributed by atoms with Crippen LogP contribution in [0.1, 0.15) is 52.0 Å². The molecule has 116 valence electrons. The van der Waals surface area contributed by atoms with Crippen molar-refractivity contribution < 1.29 is 4.74 Å². The lowest BCUT2D eigenvalue weighted by atomic mass is 9.88. The van der Waals surface area contributed by atoms with Gasteiger partial charge in [-0.15, -0.1) is 0 Å². The molecule has 0 bridgehead atoms. The molecule has 2 atom stereocenters. The third kappa shape index (κ3) is 5.49.